The summed E-state index contributed by atoms with van der Waals surface area (Å²) in [5, 5.41) is 0.149. The lowest BCUT2D eigenvalue weighted by atomic mass is 10.2. The third-order valence-electron chi connectivity index (χ3n) is 4.20. The number of thioether (sulfide) groups is 1. The fourth-order valence-corrected chi connectivity index (χ4v) is 4.71. The average Bonchev–Trinajstić information content (AvgIpc) is 2.99. The van der Waals surface area contributed by atoms with Gasteiger partial charge in [0.25, 0.3) is 11.1 Å². The van der Waals surface area contributed by atoms with E-state index in [0.29, 0.717) is 40.4 Å². The van der Waals surface area contributed by atoms with Crippen LogP contribution in [0.3, 0.4) is 0 Å². The highest BCUT2D eigenvalue weighted by Crippen LogP contribution is 2.37. The minimum atomic E-state index is -0.348. The van der Waals surface area contributed by atoms with Crippen LogP contribution in [0.25, 0.3) is 6.08 Å². The molecule has 2 aromatic rings. The van der Waals surface area contributed by atoms with Crippen molar-refractivity contribution in [3.63, 3.8) is 0 Å². The van der Waals surface area contributed by atoms with Gasteiger partial charge in [-0.2, -0.15) is 0 Å². The SMILES string of the molecule is CCOc1cc(/C=C2\SC(=O)N(CCOc3ccccc3Cl)C2=O)cc(I)c1OCC. The maximum Gasteiger partial charge on any atom is 0.293 e. The molecule has 0 atom stereocenters. The predicted molar refractivity (Wildman–Crippen MR) is 131 cm³/mol. The van der Waals surface area contributed by atoms with Crippen molar-refractivity contribution in [3.8, 4) is 17.2 Å². The van der Waals surface area contributed by atoms with Crippen molar-refractivity contribution in [2.75, 3.05) is 26.4 Å². The Bertz CT molecular complexity index is 1010. The third-order valence-corrected chi connectivity index (χ3v) is 6.22. The highest BCUT2D eigenvalue weighted by molar-refractivity contribution is 14.1. The van der Waals surface area contributed by atoms with E-state index in [1.54, 1.807) is 30.3 Å². The fourth-order valence-electron chi connectivity index (χ4n) is 2.87. The maximum absolute atomic E-state index is 12.8. The molecule has 1 saturated heterocycles. The Hall–Kier alpha value is -1.91. The van der Waals surface area contributed by atoms with Crippen LogP contribution in [0.1, 0.15) is 19.4 Å². The number of halogens is 2. The Morgan fingerprint density at radius 3 is 2.52 bits per heavy atom. The van der Waals surface area contributed by atoms with Gasteiger partial charge in [-0.1, -0.05) is 23.7 Å². The van der Waals surface area contributed by atoms with E-state index in [1.165, 1.54) is 4.90 Å². The predicted octanol–water partition coefficient (Wildman–Crippen LogP) is 5.86. The van der Waals surface area contributed by atoms with Crippen LogP contribution in [0.4, 0.5) is 4.79 Å². The molecule has 2 aromatic carbocycles. The van der Waals surface area contributed by atoms with Gasteiger partial charge in [0, 0.05) is 0 Å². The normalized spacial score (nSPS) is 15.0. The molecule has 3 rings (SSSR count). The first kappa shape index (κ1) is 23.7. The van der Waals surface area contributed by atoms with Crippen LogP contribution in [-0.4, -0.2) is 42.4 Å². The molecular weight excluding hydrogens is 553 g/mol. The van der Waals surface area contributed by atoms with E-state index in [-0.39, 0.29) is 24.3 Å². The topological polar surface area (TPSA) is 65.1 Å². The van der Waals surface area contributed by atoms with Gasteiger partial charge >= 0.3 is 0 Å². The molecule has 1 aliphatic rings. The summed E-state index contributed by atoms with van der Waals surface area (Å²) in [6.07, 6.45) is 1.69. The first-order valence-electron chi connectivity index (χ1n) is 9.66. The Balaban J connectivity index is 1.73. The number of carbonyl (C=O) groups excluding carboxylic acids is 2. The Kier molecular flexibility index (Phi) is 8.50. The molecule has 0 N–H and O–H groups in total. The van der Waals surface area contributed by atoms with Crippen molar-refractivity contribution >= 4 is 63.2 Å². The van der Waals surface area contributed by atoms with Crippen molar-refractivity contribution in [1.29, 1.82) is 0 Å². The van der Waals surface area contributed by atoms with Gasteiger partial charge in [-0.05, 0) is 84.1 Å². The molecule has 31 heavy (non-hydrogen) atoms. The van der Waals surface area contributed by atoms with Crippen molar-refractivity contribution < 1.29 is 23.8 Å². The van der Waals surface area contributed by atoms with Gasteiger partial charge in [-0.3, -0.25) is 14.5 Å². The molecule has 1 fully saturated rings. The number of imide groups is 1. The number of hydrogen-bond donors (Lipinski definition) is 0. The highest BCUT2D eigenvalue weighted by Gasteiger charge is 2.35. The first-order valence-corrected chi connectivity index (χ1v) is 11.9. The molecule has 0 spiro atoms. The molecule has 0 aromatic heterocycles. The molecule has 6 nitrogen and oxygen atoms in total. The van der Waals surface area contributed by atoms with Crippen molar-refractivity contribution in [3.05, 3.63) is 55.5 Å². The first-order chi connectivity index (χ1) is 14.9. The lowest BCUT2D eigenvalue weighted by molar-refractivity contribution is -0.123. The molecule has 164 valence electrons. The molecule has 0 bridgehead atoms. The number of rotatable bonds is 9. The van der Waals surface area contributed by atoms with Crippen LogP contribution in [-0.2, 0) is 4.79 Å². The summed E-state index contributed by atoms with van der Waals surface area (Å²) in [4.78, 5) is 26.7. The summed E-state index contributed by atoms with van der Waals surface area (Å²) < 4.78 is 17.8. The molecule has 9 heteroatoms. The van der Waals surface area contributed by atoms with Crippen molar-refractivity contribution in [2.45, 2.75) is 13.8 Å². The second kappa shape index (κ2) is 11.1. The largest absolute Gasteiger partial charge is 0.490 e. The summed E-state index contributed by atoms with van der Waals surface area (Å²) in [5.74, 6) is 1.44. The number of benzene rings is 2. The standard InChI is InChI=1S/C22H21ClINO5S/c1-3-28-18-12-14(11-16(24)20(18)29-4-2)13-19-21(26)25(22(27)31-19)9-10-30-17-8-6-5-7-15(17)23/h5-8,11-13H,3-4,9-10H2,1-2H3/b19-13-. The summed E-state index contributed by atoms with van der Waals surface area (Å²) in [5.41, 5.74) is 0.758. The Morgan fingerprint density at radius 1 is 1.06 bits per heavy atom. The van der Waals surface area contributed by atoms with E-state index < -0.39 is 0 Å². The zero-order valence-electron chi connectivity index (χ0n) is 17.0. The second-order valence-electron chi connectivity index (χ2n) is 6.31. The van der Waals surface area contributed by atoms with Gasteiger partial charge in [-0.25, -0.2) is 0 Å². The zero-order valence-corrected chi connectivity index (χ0v) is 20.8. The van der Waals surface area contributed by atoms with Crippen LogP contribution >= 0.6 is 46.0 Å². The molecule has 1 aliphatic heterocycles. The smallest absolute Gasteiger partial charge is 0.293 e. The molecule has 2 amide bonds. The lowest BCUT2D eigenvalue weighted by Crippen LogP contribution is -2.32. The molecule has 0 aliphatic carbocycles. The number of carbonyl (C=O) groups is 2. The van der Waals surface area contributed by atoms with Crippen LogP contribution in [0.2, 0.25) is 5.02 Å². The second-order valence-corrected chi connectivity index (χ2v) is 8.87. The molecule has 0 unspecified atom stereocenters. The Morgan fingerprint density at radius 2 is 1.81 bits per heavy atom. The number of para-hydroxylation sites is 1. The quantitative estimate of drug-likeness (QED) is 0.277. The fraction of sp³-hybridized carbons (Fsp3) is 0.273. The lowest BCUT2D eigenvalue weighted by Gasteiger charge is -2.14. The van der Waals surface area contributed by atoms with Gasteiger partial charge < -0.3 is 14.2 Å². The number of ether oxygens (including phenoxy) is 3. The number of nitrogens with zero attached hydrogens (tertiary/aromatic N) is 1. The van der Waals surface area contributed by atoms with Crippen LogP contribution in [0.5, 0.6) is 17.2 Å². The van der Waals surface area contributed by atoms with Gasteiger partial charge in [0.1, 0.15) is 12.4 Å². The third kappa shape index (κ3) is 5.87. The summed E-state index contributed by atoms with van der Waals surface area (Å²) in [7, 11) is 0. The Labute approximate surface area is 204 Å². The van der Waals surface area contributed by atoms with Crippen LogP contribution in [0, 0.1) is 3.57 Å². The van der Waals surface area contributed by atoms with Crippen LogP contribution < -0.4 is 14.2 Å². The molecular formula is C22H21ClINO5S. The van der Waals surface area contributed by atoms with E-state index in [1.807, 2.05) is 26.0 Å². The number of hydrogen-bond acceptors (Lipinski definition) is 6. The summed E-state index contributed by atoms with van der Waals surface area (Å²) in [6.45, 7) is 5.10. The van der Waals surface area contributed by atoms with E-state index in [2.05, 4.69) is 22.6 Å². The van der Waals surface area contributed by atoms with E-state index in [4.69, 9.17) is 25.8 Å². The minimum absolute atomic E-state index is 0.137. The van der Waals surface area contributed by atoms with Crippen molar-refractivity contribution in [1.82, 2.24) is 4.90 Å². The van der Waals surface area contributed by atoms with E-state index in [9.17, 15) is 9.59 Å². The highest BCUT2D eigenvalue weighted by atomic mass is 127. The van der Waals surface area contributed by atoms with Gasteiger partial charge in [0.05, 0.1) is 33.3 Å². The molecule has 0 radical (unpaired) electrons. The van der Waals surface area contributed by atoms with E-state index in [0.717, 1.165) is 20.9 Å². The number of amides is 2. The van der Waals surface area contributed by atoms with E-state index >= 15 is 0 Å². The average molecular weight is 574 g/mol. The van der Waals surface area contributed by atoms with Gasteiger partial charge in [0.2, 0.25) is 0 Å². The van der Waals surface area contributed by atoms with Gasteiger partial charge in [0.15, 0.2) is 11.5 Å². The summed E-state index contributed by atoms with van der Waals surface area (Å²) in [6, 6.07) is 10.8. The summed E-state index contributed by atoms with van der Waals surface area (Å²) >= 11 is 9.14. The minimum Gasteiger partial charge on any atom is -0.490 e. The molecule has 1 heterocycles. The van der Waals surface area contributed by atoms with Gasteiger partial charge in [-0.15, -0.1) is 0 Å². The monoisotopic (exact) mass is 573 g/mol. The van der Waals surface area contributed by atoms with Crippen molar-refractivity contribution in [2.24, 2.45) is 0 Å². The van der Waals surface area contributed by atoms with Crippen LogP contribution in [0.15, 0.2) is 41.3 Å². The molecule has 0 saturated carbocycles. The zero-order chi connectivity index (χ0) is 22.4. The maximum atomic E-state index is 12.8.